The molecule has 3 fully saturated rings. The van der Waals surface area contributed by atoms with E-state index in [4.69, 9.17) is 11.6 Å². The van der Waals surface area contributed by atoms with Crippen LogP contribution in [0, 0.1) is 5.92 Å². The van der Waals surface area contributed by atoms with Crippen molar-refractivity contribution in [3.05, 3.63) is 34.9 Å². The van der Waals surface area contributed by atoms with Gasteiger partial charge in [-0.3, -0.25) is 9.79 Å². The highest BCUT2D eigenvalue weighted by molar-refractivity contribution is 14.0. The molecule has 1 aromatic carbocycles. The first-order valence-corrected chi connectivity index (χ1v) is 10.6. The maximum Gasteiger partial charge on any atom is 0.223 e. The maximum absolute atomic E-state index is 12.4. The second-order valence-corrected chi connectivity index (χ2v) is 8.64. The van der Waals surface area contributed by atoms with Crippen LogP contribution in [0.5, 0.6) is 0 Å². The van der Waals surface area contributed by atoms with E-state index in [1.165, 1.54) is 5.56 Å². The first-order chi connectivity index (χ1) is 13.1. The molecule has 154 valence electrons. The molecule has 0 aliphatic heterocycles. The second-order valence-electron chi connectivity index (χ2n) is 8.21. The van der Waals surface area contributed by atoms with Gasteiger partial charge < -0.3 is 16.0 Å². The summed E-state index contributed by atoms with van der Waals surface area (Å²) in [5.41, 5.74) is 1.28. The summed E-state index contributed by atoms with van der Waals surface area (Å²) in [4.78, 5) is 16.8. The van der Waals surface area contributed by atoms with Gasteiger partial charge in [-0.2, -0.15) is 0 Å². The molecule has 5 nitrogen and oxygen atoms in total. The molecule has 3 saturated carbocycles. The van der Waals surface area contributed by atoms with E-state index in [1.54, 1.807) is 0 Å². The van der Waals surface area contributed by atoms with Crippen LogP contribution in [0.15, 0.2) is 29.3 Å². The number of aliphatic imine (C=N–C) groups is 1. The molecule has 0 bridgehead atoms. The quantitative estimate of drug-likeness (QED) is 0.317. The van der Waals surface area contributed by atoms with Crippen molar-refractivity contribution in [1.82, 2.24) is 16.0 Å². The van der Waals surface area contributed by atoms with Crippen LogP contribution in [-0.2, 0) is 4.79 Å². The van der Waals surface area contributed by atoms with Crippen LogP contribution in [0.25, 0.3) is 0 Å². The highest BCUT2D eigenvalue weighted by Gasteiger charge is 2.39. The fourth-order valence-corrected chi connectivity index (χ4v) is 4.30. The lowest BCUT2D eigenvalue weighted by atomic mass is 9.85. The van der Waals surface area contributed by atoms with Crippen molar-refractivity contribution in [3.8, 4) is 0 Å². The van der Waals surface area contributed by atoms with E-state index in [1.807, 2.05) is 25.2 Å². The van der Waals surface area contributed by atoms with Crippen molar-refractivity contribution in [2.24, 2.45) is 10.9 Å². The molecule has 3 aliphatic rings. The molecule has 0 heterocycles. The molecular formula is C21H30ClIN4O. The Morgan fingerprint density at radius 1 is 1.07 bits per heavy atom. The number of nitrogens with zero attached hydrogens (tertiary/aromatic N) is 1. The molecule has 4 unspecified atom stereocenters. The lowest BCUT2D eigenvalue weighted by molar-refractivity contribution is -0.126. The maximum atomic E-state index is 12.4. The molecule has 1 amide bonds. The summed E-state index contributed by atoms with van der Waals surface area (Å²) in [6.45, 7) is 0. The number of amides is 1. The van der Waals surface area contributed by atoms with Crippen LogP contribution in [0.4, 0.5) is 0 Å². The van der Waals surface area contributed by atoms with Crippen molar-refractivity contribution < 1.29 is 4.79 Å². The predicted molar refractivity (Wildman–Crippen MR) is 125 cm³/mol. The van der Waals surface area contributed by atoms with Gasteiger partial charge in [0.15, 0.2) is 5.96 Å². The molecule has 0 saturated heterocycles. The number of hydrogen-bond acceptors (Lipinski definition) is 2. The number of rotatable bonds is 5. The van der Waals surface area contributed by atoms with E-state index in [0.717, 1.165) is 55.9 Å². The fourth-order valence-electron chi connectivity index (χ4n) is 4.11. The molecule has 3 N–H and O–H groups in total. The first kappa shape index (κ1) is 21.7. The topological polar surface area (TPSA) is 65.5 Å². The Labute approximate surface area is 189 Å². The van der Waals surface area contributed by atoms with Crippen LogP contribution < -0.4 is 16.0 Å². The number of nitrogens with one attached hydrogen (secondary N) is 3. The smallest absolute Gasteiger partial charge is 0.223 e. The summed E-state index contributed by atoms with van der Waals surface area (Å²) in [7, 11) is 1.81. The van der Waals surface area contributed by atoms with E-state index >= 15 is 0 Å². The Morgan fingerprint density at radius 2 is 1.89 bits per heavy atom. The van der Waals surface area contributed by atoms with E-state index in [-0.39, 0.29) is 35.8 Å². The molecule has 0 radical (unpaired) electrons. The minimum Gasteiger partial charge on any atom is -0.354 e. The van der Waals surface area contributed by atoms with E-state index in [2.05, 4.69) is 27.0 Å². The van der Waals surface area contributed by atoms with E-state index in [0.29, 0.717) is 24.0 Å². The van der Waals surface area contributed by atoms with Gasteiger partial charge in [-0.15, -0.1) is 24.0 Å². The van der Waals surface area contributed by atoms with Crippen LogP contribution >= 0.6 is 35.6 Å². The number of guanidine groups is 1. The van der Waals surface area contributed by atoms with E-state index < -0.39 is 0 Å². The van der Waals surface area contributed by atoms with Gasteiger partial charge in [0.05, 0.1) is 0 Å². The Balaban J connectivity index is 0.00000225. The lowest BCUT2D eigenvalue weighted by Crippen LogP contribution is -2.47. The molecule has 3 aliphatic carbocycles. The molecule has 7 heteroatoms. The van der Waals surface area contributed by atoms with Crippen LogP contribution in [0.1, 0.15) is 56.4 Å². The molecule has 0 aromatic heterocycles. The monoisotopic (exact) mass is 516 g/mol. The van der Waals surface area contributed by atoms with Crippen molar-refractivity contribution in [1.29, 1.82) is 0 Å². The first-order valence-electron chi connectivity index (χ1n) is 10.2. The third kappa shape index (κ3) is 5.75. The summed E-state index contributed by atoms with van der Waals surface area (Å²) in [5, 5.41) is 11.0. The van der Waals surface area contributed by atoms with Crippen LogP contribution in [0.3, 0.4) is 0 Å². The SMILES string of the molecule is CN=C(NC1CCCC(C(=O)NC2CC2)C1)NC1CC1c1cccc(Cl)c1.I. The van der Waals surface area contributed by atoms with Crippen LogP contribution in [-0.4, -0.2) is 37.0 Å². The van der Waals surface area contributed by atoms with Crippen LogP contribution in [0.2, 0.25) is 5.02 Å². The zero-order valence-corrected chi connectivity index (χ0v) is 19.4. The molecule has 0 spiro atoms. The van der Waals surface area contributed by atoms with Gasteiger partial charge in [0.2, 0.25) is 5.91 Å². The van der Waals surface area contributed by atoms with Gasteiger partial charge in [0.25, 0.3) is 0 Å². The molecule has 4 atom stereocenters. The average molecular weight is 517 g/mol. The minimum atomic E-state index is 0. The normalized spacial score (nSPS) is 29.4. The van der Waals surface area contributed by atoms with Gasteiger partial charge in [-0.25, -0.2) is 0 Å². The summed E-state index contributed by atoms with van der Waals surface area (Å²) >= 11 is 6.11. The number of halogens is 2. The van der Waals surface area contributed by atoms with Crippen molar-refractivity contribution >= 4 is 47.4 Å². The average Bonchev–Trinajstić information content (AvgIpc) is 3.58. The fraction of sp³-hybridized carbons (Fsp3) is 0.619. The highest BCUT2D eigenvalue weighted by Crippen LogP contribution is 2.41. The van der Waals surface area contributed by atoms with Crippen molar-refractivity contribution in [2.45, 2.75) is 69.0 Å². The van der Waals surface area contributed by atoms with Gasteiger partial charge in [0.1, 0.15) is 0 Å². The number of hydrogen-bond donors (Lipinski definition) is 3. The summed E-state index contributed by atoms with van der Waals surface area (Å²) in [5.74, 6) is 1.72. The largest absolute Gasteiger partial charge is 0.354 e. The number of carbonyl (C=O) groups excluding carboxylic acids is 1. The van der Waals surface area contributed by atoms with Crippen molar-refractivity contribution in [3.63, 3.8) is 0 Å². The molecule has 1 aromatic rings. The highest BCUT2D eigenvalue weighted by atomic mass is 127. The van der Waals surface area contributed by atoms with E-state index in [9.17, 15) is 4.79 Å². The Kier molecular flexibility index (Phi) is 7.48. The van der Waals surface area contributed by atoms with Crippen molar-refractivity contribution in [2.75, 3.05) is 7.05 Å². The zero-order chi connectivity index (χ0) is 18.8. The summed E-state index contributed by atoms with van der Waals surface area (Å²) in [6, 6.07) is 9.26. The van der Waals surface area contributed by atoms with Gasteiger partial charge in [-0.05, 0) is 56.2 Å². The second kappa shape index (κ2) is 9.65. The Bertz CT molecular complexity index is 724. The van der Waals surface area contributed by atoms with Gasteiger partial charge >= 0.3 is 0 Å². The number of benzene rings is 1. The third-order valence-electron chi connectivity index (χ3n) is 5.92. The standard InChI is InChI=1S/C21H29ClN4O.HI/c1-23-21(26-19-12-18(19)13-4-2-6-15(22)10-13)25-17-7-3-5-14(11-17)20(27)24-16-8-9-16;/h2,4,6,10,14,16-19H,3,5,7-9,11-12H2,1H3,(H,24,27)(H2,23,25,26);1H. The predicted octanol–water partition coefficient (Wildman–Crippen LogP) is 3.82. The molecule has 28 heavy (non-hydrogen) atoms. The van der Waals surface area contributed by atoms with Gasteiger partial charge in [0, 0.05) is 42.0 Å². The molecule has 4 rings (SSSR count). The van der Waals surface area contributed by atoms with Gasteiger partial charge in [-0.1, -0.05) is 30.2 Å². The molecular weight excluding hydrogens is 487 g/mol. The Morgan fingerprint density at radius 3 is 2.61 bits per heavy atom. The lowest BCUT2D eigenvalue weighted by Gasteiger charge is -2.30. The zero-order valence-electron chi connectivity index (χ0n) is 16.3. The number of carbonyl (C=O) groups is 1. The Hall–Kier alpha value is -1.02. The summed E-state index contributed by atoms with van der Waals surface area (Å²) < 4.78 is 0. The summed E-state index contributed by atoms with van der Waals surface area (Å²) in [6.07, 6.45) is 7.46. The minimum absolute atomic E-state index is 0. The third-order valence-corrected chi connectivity index (χ3v) is 6.16.